The molecule has 2 fully saturated rings. The van der Waals surface area contributed by atoms with Gasteiger partial charge in [-0.3, -0.25) is 14.5 Å². The van der Waals surface area contributed by atoms with Gasteiger partial charge in [0, 0.05) is 39.6 Å². The van der Waals surface area contributed by atoms with E-state index in [0.717, 1.165) is 39.1 Å². The summed E-state index contributed by atoms with van der Waals surface area (Å²) in [4.78, 5) is 25.9. The SMILES string of the molecule is CC(=O)N1CCN(CC2CC2C(=O)O)CC1. The molecule has 1 saturated heterocycles. The highest BCUT2D eigenvalue weighted by molar-refractivity contribution is 5.73. The normalized spacial score (nSPS) is 30.2. The minimum absolute atomic E-state index is 0.120. The fraction of sp³-hybridized carbons (Fsp3) is 0.818. The second-order valence-corrected chi connectivity index (χ2v) is 4.75. The van der Waals surface area contributed by atoms with Gasteiger partial charge in [0.1, 0.15) is 0 Å². The summed E-state index contributed by atoms with van der Waals surface area (Å²) in [7, 11) is 0. The number of aliphatic carboxylic acids is 1. The molecule has 1 heterocycles. The summed E-state index contributed by atoms with van der Waals surface area (Å²) < 4.78 is 0. The van der Waals surface area contributed by atoms with E-state index in [9.17, 15) is 9.59 Å². The lowest BCUT2D eigenvalue weighted by molar-refractivity contribution is -0.138. The quantitative estimate of drug-likeness (QED) is 0.728. The van der Waals surface area contributed by atoms with Gasteiger partial charge in [-0.25, -0.2) is 0 Å². The maximum atomic E-state index is 11.1. The van der Waals surface area contributed by atoms with Crippen molar-refractivity contribution in [3.63, 3.8) is 0 Å². The van der Waals surface area contributed by atoms with Crippen LogP contribution < -0.4 is 0 Å². The first-order valence-corrected chi connectivity index (χ1v) is 5.78. The molecule has 1 saturated carbocycles. The Kier molecular flexibility index (Phi) is 3.14. The molecule has 5 nitrogen and oxygen atoms in total. The Morgan fingerprint density at radius 2 is 1.88 bits per heavy atom. The van der Waals surface area contributed by atoms with Gasteiger partial charge in [-0.2, -0.15) is 0 Å². The molecule has 2 rings (SSSR count). The van der Waals surface area contributed by atoms with Crippen LogP contribution in [-0.4, -0.2) is 59.5 Å². The monoisotopic (exact) mass is 226 g/mol. The van der Waals surface area contributed by atoms with Gasteiger partial charge in [-0.1, -0.05) is 0 Å². The topological polar surface area (TPSA) is 60.9 Å². The molecule has 16 heavy (non-hydrogen) atoms. The van der Waals surface area contributed by atoms with Crippen LogP contribution >= 0.6 is 0 Å². The fourth-order valence-electron chi connectivity index (χ4n) is 2.33. The molecule has 2 atom stereocenters. The van der Waals surface area contributed by atoms with Crippen molar-refractivity contribution in [1.82, 2.24) is 9.80 Å². The summed E-state index contributed by atoms with van der Waals surface area (Å²) in [5, 5.41) is 8.80. The van der Waals surface area contributed by atoms with E-state index in [0.29, 0.717) is 5.92 Å². The van der Waals surface area contributed by atoms with Crippen molar-refractivity contribution in [2.45, 2.75) is 13.3 Å². The highest BCUT2D eigenvalue weighted by Crippen LogP contribution is 2.39. The summed E-state index contributed by atoms with van der Waals surface area (Å²) in [6, 6.07) is 0. The van der Waals surface area contributed by atoms with Crippen molar-refractivity contribution in [3.05, 3.63) is 0 Å². The number of hydrogen-bond acceptors (Lipinski definition) is 3. The minimum Gasteiger partial charge on any atom is -0.481 e. The van der Waals surface area contributed by atoms with Crippen molar-refractivity contribution >= 4 is 11.9 Å². The van der Waals surface area contributed by atoms with Crippen LogP contribution in [-0.2, 0) is 9.59 Å². The van der Waals surface area contributed by atoms with E-state index in [4.69, 9.17) is 5.11 Å². The molecule has 2 aliphatic rings. The number of carbonyl (C=O) groups excluding carboxylic acids is 1. The number of carbonyl (C=O) groups is 2. The number of piperazine rings is 1. The van der Waals surface area contributed by atoms with Gasteiger partial charge in [-0.15, -0.1) is 0 Å². The number of carboxylic acids is 1. The van der Waals surface area contributed by atoms with Crippen molar-refractivity contribution in [1.29, 1.82) is 0 Å². The summed E-state index contributed by atoms with van der Waals surface area (Å²) in [6.45, 7) is 5.78. The molecular formula is C11H18N2O3. The number of amides is 1. The largest absolute Gasteiger partial charge is 0.481 e. The van der Waals surface area contributed by atoms with Crippen LogP contribution in [0.25, 0.3) is 0 Å². The lowest BCUT2D eigenvalue weighted by atomic mass is 10.2. The average molecular weight is 226 g/mol. The van der Waals surface area contributed by atoms with Crippen molar-refractivity contribution in [2.75, 3.05) is 32.7 Å². The zero-order chi connectivity index (χ0) is 11.7. The first-order chi connectivity index (χ1) is 7.58. The first-order valence-electron chi connectivity index (χ1n) is 5.78. The average Bonchev–Trinajstić information content (AvgIpc) is 2.98. The molecule has 1 amide bonds. The Morgan fingerprint density at radius 3 is 2.31 bits per heavy atom. The standard InChI is InChI=1S/C11H18N2O3/c1-8(14)13-4-2-12(3-5-13)7-9-6-10(9)11(15)16/h9-10H,2-7H2,1H3,(H,15,16). The van der Waals surface area contributed by atoms with Gasteiger partial charge in [0.25, 0.3) is 0 Å². The maximum absolute atomic E-state index is 11.1. The highest BCUT2D eigenvalue weighted by Gasteiger charge is 2.43. The van der Waals surface area contributed by atoms with Crippen molar-refractivity contribution in [3.8, 4) is 0 Å². The van der Waals surface area contributed by atoms with Crippen LogP contribution in [0.1, 0.15) is 13.3 Å². The summed E-state index contributed by atoms with van der Waals surface area (Å²) >= 11 is 0. The number of rotatable bonds is 3. The predicted molar refractivity (Wildman–Crippen MR) is 57.9 cm³/mol. The molecule has 5 heteroatoms. The third-order valence-corrected chi connectivity index (χ3v) is 3.55. The summed E-state index contributed by atoms with van der Waals surface area (Å²) in [5.74, 6) is -0.311. The van der Waals surface area contributed by atoms with E-state index in [2.05, 4.69) is 4.90 Å². The van der Waals surface area contributed by atoms with Crippen LogP contribution in [0.4, 0.5) is 0 Å². The maximum Gasteiger partial charge on any atom is 0.306 e. The van der Waals surface area contributed by atoms with Crippen LogP contribution in [0.5, 0.6) is 0 Å². The molecule has 0 aromatic rings. The van der Waals surface area contributed by atoms with Gasteiger partial charge in [0.15, 0.2) is 0 Å². The summed E-state index contributed by atoms with van der Waals surface area (Å²) in [5.41, 5.74) is 0. The molecule has 1 aliphatic carbocycles. The molecule has 0 aromatic heterocycles. The lowest BCUT2D eigenvalue weighted by Crippen LogP contribution is -2.48. The smallest absolute Gasteiger partial charge is 0.306 e. The van der Waals surface area contributed by atoms with Crippen LogP contribution in [0.2, 0.25) is 0 Å². The minimum atomic E-state index is -0.660. The third kappa shape index (κ3) is 2.52. The van der Waals surface area contributed by atoms with E-state index < -0.39 is 5.97 Å². The van der Waals surface area contributed by atoms with E-state index >= 15 is 0 Å². The van der Waals surface area contributed by atoms with Gasteiger partial charge in [0.05, 0.1) is 5.92 Å². The molecule has 2 unspecified atom stereocenters. The van der Waals surface area contributed by atoms with E-state index in [1.54, 1.807) is 6.92 Å². The molecular weight excluding hydrogens is 208 g/mol. The highest BCUT2D eigenvalue weighted by atomic mass is 16.4. The number of hydrogen-bond donors (Lipinski definition) is 1. The third-order valence-electron chi connectivity index (χ3n) is 3.55. The Balaban J connectivity index is 1.70. The van der Waals surface area contributed by atoms with E-state index in [1.807, 2.05) is 4.90 Å². The molecule has 0 aromatic carbocycles. The second kappa shape index (κ2) is 4.41. The zero-order valence-electron chi connectivity index (χ0n) is 9.56. The Labute approximate surface area is 95.0 Å². The molecule has 0 spiro atoms. The fourth-order valence-corrected chi connectivity index (χ4v) is 2.33. The van der Waals surface area contributed by atoms with Gasteiger partial charge in [0.2, 0.25) is 5.91 Å². The molecule has 0 radical (unpaired) electrons. The lowest BCUT2D eigenvalue weighted by Gasteiger charge is -2.34. The zero-order valence-corrected chi connectivity index (χ0v) is 9.56. The molecule has 0 bridgehead atoms. The Hall–Kier alpha value is -1.10. The van der Waals surface area contributed by atoms with E-state index in [-0.39, 0.29) is 11.8 Å². The van der Waals surface area contributed by atoms with Gasteiger partial charge in [-0.05, 0) is 12.3 Å². The molecule has 90 valence electrons. The van der Waals surface area contributed by atoms with Crippen LogP contribution in [0, 0.1) is 11.8 Å². The predicted octanol–water partition coefficient (Wildman–Crippen LogP) is -0.129. The van der Waals surface area contributed by atoms with Gasteiger partial charge < -0.3 is 10.0 Å². The van der Waals surface area contributed by atoms with Crippen molar-refractivity contribution in [2.24, 2.45) is 11.8 Å². The van der Waals surface area contributed by atoms with E-state index in [1.165, 1.54) is 0 Å². The van der Waals surface area contributed by atoms with Crippen LogP contribution in [0.3, 0.4) is 0 Å². The Morgan fingerprint density at radius 1 is 1.25 bits per heavy atom. The summed E-state index contributed by atoms with van der Waals surface area (Å²) in [6.07, 6.45) is 0.822. The first kappa shape index (κ1) is 11.4. The molecule has 1 aliphatic heterocycles. The van der Waals surface area contributed by atoms with Gasteiger partial charge >= 0.3 is 5.97 Å². The van der Waals surface area contributed by atoms with Crippen LogP contribution in [0.15, 0.2) is 0 Å². The number of nitrogens with zero attached hydrogens (tertiary/aromatic N) is 2. The second-order valence-electron chi connectivity index (χ2n) is 4.75. The van der Waals surface area contributed by atoms with Crippen molar-refractivity contribution < 1.29 is 14.7 Å². The Bertz CT molecular complexity index is 298. The molecule has 1 N–H and O–H groups in total. The number of carboxylic acid groups (broad SMARTS) is 1.